The zero-order chi connectivity index (χ0) is 33.3. The molecule has 5 aliphatic rings. The van der Waals surface area contributed by atoms with Crippen molar-refractivity contribution >= 4 is 23.7 Å². The highest BCUT2D eigenvalue weighted by Crippen LogP contribution is 2.64. The van der Waals surface area contributed by atoms with Gasteiger partial charge in [-0.15, -0.1) is 0 Å². The first-order valence-electron chi connectivity index (χ1n) is 15.8. The van der Waals surface area contributed by atoms with Gasteiger partial charge in [-0.1, -0.05) is 13.0 Å². The number of piperazine rings is 1. The van der Waals surface area contributed by atoms with Crippen LogP contribution in [0.5, 0.6) is 28.7 Å². The van der Waals surface area contributed by atoms with E-state index in [-0.39, 0.29) is 55.5 Å². The molecule has 0 aliphatic carbocycles. The molecule has 0 N–H and O–H groups in total. The number of nitrogens with zero attached hydrogens (tertiary/aromatic N) is 3. The van der Waals surface area contributed by atoms with Gasteiger partial charge in [-0.25, -0.2) is 0 Å². The minimum atomic E-state index is -0.591. The Bertz CT molecular complexity index is 1690. The highest BCUT2D eigenvalue weighted by molar-refractivity contribution is 7.99. The van der Waals surface area contributed by atoms with Gasteiger partial charge in [0.2, 0.25) is 6.79 Å². The molecule has 12 nitrogen and oxygen atoms in total. The minimum Gasteiger partial charge on any atom is -0.493 e. The molecule has 7 atom stereocenters. The Kier molecular flexibility index (Phi) is 8.19. The first kappa shape index (κ1) is 31.9. The van der Waals surface area contributed by atoms with Crippen LogP contribution in [0.1, 0.15) is 64.6 Å². The summed E-state index contributed by atoms with van der Waals surface area (Å²) in [6.07, 6.45) is 0.594. The third-order valence-corrected chi connectivity index (χ3v) is 11.7. The van der Waals surface area contributed by atoms with Crippen LogP contribution in [0.3, 0.4) is 0 Å². The van der Waals surface area contributed by atoms with E-state index >= 15 is 0 Å². The van der Waals surface area contributed by atoms with Gasteiger partial charge in [0.1, 0.15) is 18.4 Å². The number of carbonyl (C=O) groups is 2. The van der Waals surface area contributed by atoms with Gasteiger partial charge in [0.25, 0.3) is 0 Å². The number of rotatable bonds is 5. The summed E-state index contributed by atoms with van der Waals surface area (Å²) >= 11 is 1.60. The van der Waals surface area contributed by atoms with Crippen LogP contribution in [0.25, 0.3) is 0 Å². The number of benzene rings is 2. The summed E-state index contributed by atoms with van der Waals surface area (Å²) in [7, 11) is 5.27. The monoisotopic (exact) mass is 665 g/mol. The molecule has 5 aliphatic heterocycles. The van der Waals surface area contributed by atoms with Gasteiger partial charge in [0.05, 0.1) is 36.4 Å². The normalized spacial score (nSPS) is 29.1. The molecule has 2 aromatic carbocycles. The van der Waals surface area contributed by atoms with Gasteiger partial charge in [-0.3, -0.25) is 19.4 Å². The van der Waals surface area contributed by atoms with Crippen molar-refractivity contribution in [3.05, 3.63) is 39.4 Å². The van der Waals surface area contributed by atoms with Crippen molar-refractivity contribution in [1.29, 1.82) is 5.26 Å². The third-order valence-electron chi connectivity index (χ3n) is 10.2. The fourth-order valence-electron chi connectivity index (χ4n) is 8.29. The van der Waals surface area contributed by atoms with Crippen LogP contribution < -0.4 is 23.7 Å². The number of methoxy groups -OCH3 is 2. The minimum absolute atomic E-state index is 0.000691. The molecule has 0 spiro atoms. The molecule has 2 aromatic rings. The molecule has 13 heteroatoms. The van der Waals surface area contributed by atoms with E-state index in [2.05, 4.69) is 29.0 Å². The zero-order valence-corrected chi connectivity index (χ0v) is 28.4. The number of cyclic esters (lactones) is 1. The van der Waals surface area contributed by atoms with E-state index in [0.29, 0.717) is 46.5 Å². The van der Waals surface area contributed by atoms with Gasteiger partial charge in [0, 0.05) is 54.1 Å². The summed E-state index contributed by atoms with van der Waals surface area (Å²) in [4.78, 5) is 30.4. The van der Waals surface area contributed by atoms with Crippen molar-refractivity contribution in [3.63, 3.8) is 0 Å². The number of ether oxygens (including phenoxy) is 7. The Morgan fingerprint density at radius 2 is 1.87 bits per heavy atom. The third kappa shape index (κ3) is 4.75. The lowest BCUT2D eigenvalue weighted by Crippen LogP contribution is -2.69. The fourth-order valence-corrected chi connectivity index (χ4v) is 9.81. The Morgan fingerprint density at radius 1 is 1.11 bits per heavy atom. The number of hydrogen-bond donors (Lipinski definition) is 0. The molecule has 1 unspecified atom stereocenters. The van der Waals surface area contributed by atoms with Gasteiger partial charge in [-0.05, 0) is 38.4 Å². The average molecular weight is 666 g/mol. The van der Waals surface area contributed by atoms with Crippen molar-refractivity contribution in [2.45, 2.75) is 69.6 Å². The maximum absolute atomic E-state index is 13.2. The summed E-state index contributed by atoms with van der Waals surface area (Å²) < 4.78 is 41.8. The van der Waals surface area contributed by atoms with Crippen LogP contribution in [0.4, 0.5) is 0 Å². The van der Waals surface area contributed by atoms with Gasteiger partial charge in [-0.2, -0.15) is 17.0 Å². The van der Waals surface area contributed by atoms with E-state index < -0.39 is 18.1 Å². The smallest absolute Gasteiger partial charge is 0.309 e. The predicted octanol–water partition coefficient (Wildman–Crippen LogP) is 4.14. The van der Waals surface area contributed by atoms with E-state index in [1.165, 1.54) is 6.92 Å². The van der Waals surface area contributed by atoms with Gasteiger partial charge >= 0.3 is 11.9 Å². The highest BCUT2D eigenvalue weighted by atomic mass is 32.2. The summed E-state index contributed by atoms with van der Waals surface area (Å²) in [5, 5.41) is 10.6. The van der Waals surface area contributed by atoms with E-state index in [1.54, 1.807) is 26.0 Å². The van der Waals surface area contributed by atoms with Gasteiger partial charge < -0.3 is 33.2 Å². The summed E-state index contributed by atoms with van der Waals surface area (Å²) in [5.74, 6) is 1.99. The van der Waals surface area contributed by atoms with Crippen LogP contribution in [0.2, 0.25) is 0 Å². The number of nitriles is 1. The molecular weight excluding hydrogens is 626 g/mol. The second-order valence-corrected chi connectivity index (χ2v) is 14.0. The van der Waals surface area contributed by atoms with Gasteiger partial charge in [0.15, 0.2) is 29.8 Å². The summed E-state index contributed by atoms with van der Waals surface area (Å²) in [6.45, 7) is 7.12. The second kappa shape index (κ2) is 12.1. The van der Waals surface area contributed by atoms with Crippen LogP contribution in [0.15, 0.2) is 6.07 Å². The number of carbonyl (C=O) groups excluding carboxylic acids is 2. The van der Waals surface area contributed by atoms with Crippen LogP contribution >= 0.6 is 11.8 Å². The fraction of sp³-hybridized carbons (Fsp3) is 0.559. The van der Waals surface area contributed by atoms with Crippen molar-refractivity contribution in [2.24, 2.45) is 5.92 Å². The van der Waals surface area contributed by atoms with E-state index in [1.807, 2.05) is 20.8 Å². The Hall–Kier alpha value is -3.70. The Balaban J connectivity index is 1.56. The van der Waals surface area contributed by atoms with Crippen molar-refractivity contribution in [2.75, 3.05) is 47.2 Å². The molecule has 0 aromatic heterocycles. The lowest BCUT2D eigenvalue weighted by Gasteiger charge is -2.61. The van der Waals surface area contributed by atoms with Crippen LogP contribution in [-0.2, 0) is 25.5 Å². The van der Waals surface area contributed by atoms with E-state index in [0.717, 1.165) is 27.8 Å². The molecule has 0 amide bonds. The number of esters is 2. The number of aryl methyl sites for hydroxylation is 1. The molecule has 5 heterocycles. The topological polar surface area (TPSA) is 129 Å². The number of thioether (sulfide) groups is 1. The molecule has 47 heavy (non-hydrogen) atoms. The molecular formula is C34H39N3O9S. The quantitative estimate of drug-likeness (QED) is 0.258. The molecule has 2 saturated heterocycles. The number of fused-ring (bicyclic) bond motifs is 9. The maximum atomic E-state index is 13.2. The Morgan fingerprint density at radius 3 is 2.57 bits per heavy atom. The second-order valence-electron chi connectivity index (χ2n) is 12.8. The van der Waals surface area contributed by atoms with E-state index in [4.69, 9.17) is 33.2 Å². The van der Waals surface area contributed by atoms with Crippen molar-refractivity contribution in [3.8, 4) is 34.8 Å². The standard InChI is InChI=1S/C34H39N3O9S/c1-15-8-19-9-20-21(10-35)37-22-11-42-34(39)16(2)12-47-33(25-24(22)32-30(44-14-45-32)17(3)29(25)46-18(4)38)27(37)26(36(20)5)23(19)31(28(15)41-7)43-13-40-6/h8,16,20-22,26-27,33H,9,11-14H2,1-7H3/t16-,20+,21-,22+,26+,27?,33+/m0/s1. The zero-order valence-electron chi connectivity index (χ0n) is 27.6. The lowest BCUT2D eigenvalue weighted by atomic mass is 9.71. The van der Waals surface area contributed by atoms with Crippen LogP contribution in [-0.4, -0.2) is 87.1 Å². The molecule has 0 saturated carbocycles. The predicted molar refractivity (Wildman–Crippen MR) is 170 cm³/mol. The SMILES string of the molecule is COCOc1c(OC)c(C)cc2c1[C@@H]1C3[C@@H]4SC[C@H](C)C(=O)OC[C@H](c5c6c(c(C)c(OC(C)=O)c54)OCO6)N3[C@@H](C#N)[C@@H](C2)N1C. The number of hydrogen-bond acceptors (Lipinski definition) is 13. The summed E-state index contributed by atoms with van der Waals surface area (Å²) in [5.41, 5.74) is 5.18. The first-order chi connectivity index (χ1) is 22.6. The lowest BCUT2D eigenvalue weighted by molar-refractivity contribution is -0.153. The molecule has 4 bridgehead atoms. The summed E-state index contributed by atoms with van der Waals surface area (Å²) in [6, 6.07) is 2.80. The highest BCUT2D eigenvalue weighted by Gasteiger charge is 2.60. The average Bonchev–Trinajstić information content (AvgIpc) is 3.53. The molecule has 250 valence electrons. The number of likely N-dealkylation sites (N-methyl/N-ethyl adjacent to an activating group) is 1. The van der Waals surface area contributed by atoms with Crippen molar-refractivity contribution in [1.82, 2.24) is 9.80 Å². The first-order valence-corrected chi connectivity index (χ1v) is 16.8. The molecule has 7 rings (SSSR count). The molecule has 2 fully saturated rings. The van der Waals surface area contributed by atoms with Crippen molar-refractivity contribution < 1.29 is 42.7 Å². The molecule has 0 radical (unpaired) electrons. The maximum Gasteiger partial charge on any atom is 0.309 e. The largest absolute Gasteiger partial charge is 0.493 e. The van der Waals surface area contributed by atoms with Crippen LogP contribution in [0, 0.1) is 31.1 Å². The Labute approximate surface area is 278 Å². The van der Waals surface area contributed by atoms with E-state index in [9.17, 15) is 14.9 Å².